The number of benzene rings is 1. The average molecular weight is 336 g/mol. The zero-order chi connectivity index (χ0) is 16.7. The molecule has 6 heteroatoms. The van der Waals surface area contributed by atoms with Gasteiger partial charge < -0.3 is 15.7 Å². The molecule has 5 nitrogen and oxygen atoms in total. The molecule has 1 amide bonds. The van der Waals surface area contributed by atoms with Gasteiger partial charge in [-0.3, -0.25) is 4.79 Å². The van der Waals surface area contributed by atoms with Crippen LogP contribution in [0.4, 0.5) is 0 Å². The molecular formula is C17H24N2O3S. The maximum atomic E-state index is 11.9. The van der Waals surface area contributed by atoms with Crippen molar-refractivity contribution in [2.24, 2.45) is 0 Å². The summed E-state index contributed by atoms with van der Waals surface area (Å²) in [5, 5.41) is 14.7. The molecule has 1 saturated carbocycles. The minimum atomic E-state index is -0.982. The van der Waals surface area contributed by atoms with Crippen molar-refractivity contribution in [1.29, 1.82) is 0 Å². The molecule has 1 fully saturated rings. The van der Waals surface area contributed by atoms with E-state index in [4.69, 9.17) is 5.11 Å². The van der Waals surface area contributed by atoms with Crippen LogP contribution in [0.25, 0.3) is 0 Å². The Balaban J connectivity index is 1.73. The summed E-state index contributed by atoms with van der Waals surface area (Å²) in [6, 6.07) is 7.61. The van der Waals surface area contributed by atoms with Gasteiger partial charge in [-0.25, -0.2) is 4.79 Å². The highest BCUT2D eigenvalue weighted by atomic mass is 32.2. The van der Waals surface area contributed by atoms with Gasteiger partial charge in [0.1, 0.15) is 6.04 Å². The molecule has 0 radical (unpaired) electrons. The van der Waals surface area contributed by atoms with E-state index in [1.54, 1.807) is 11.8 Å². The summed E-state index contributed by atoms with van der Waals surface area (Å²) in [4.78, 5) is 23.0. The van der Waals surface area contributed by atoms with Crippen LogP contribution in [-0.2, 0) is 16.1 Å². The minimum Gasteiger partial charge on any atom is -0.480 e. The van der Waals surface area contributed by atoms with Gasteiger partial charge in [0.25, 0.3) is 0 Å². The fourth-order valence-corrected chi connectivity index (χ4v) is 2.90. The van der Waals surface area contributed by atoms with Crippen LogP contribution in [0.3, 0.4) is 0 Å². The van der Waals surface area contributed by atoms with Crippen molar-refractivity contribution >= 4 is 23.6 Å². The standard InChI is InChI=1S/C17H24N2O3S/c1-23-8-7-15(17(21)22)19-16(20)11-18-10-12-3-2-4-14(9-12)13-5-6-13/h2-4,9,13,15,18H,5-8,10-11H2,1H3,(H,19,20)(H,21,22). The number of amides is 1. The number of thioether (sulfide) groups is 1. The van der Waals surface area contributed by atoms with E-state index in [1.165, 1.54) is 18.4 Å². The summed E-state index contributed by atoms with van der Waals surface area (Å²) in [5.74, 6) is 0.158. The second-order valence-corrected chi connectivity index (χ2v) is 6.85. The number of aliphatic carboxylic acids is 1. The van der Waals surface area contributed by atoms with Crippen molar-refractivity contribution in [3.8, 4) is 0 Å². The summed E-state index contributed by atoms with van der Waals surface area (Å²) in [5.41, 5.74) is 2.52. The molecule has 0 aliphatic heterocycles. The smallest absolute Gasteiger partial charge is 0.326 e. The highest BCUT2D eigenvalue weighted by Crippen LogP contribution is 2.40. The lowest BCUT2D eigenvalue weighted by atomic mass is 10.1. The molecule has 23 heavy (non-hydrogen) atoms. The van der Waals surface area contributed by atoms with Crippen molar-refractivity contribution in [2.75, 3.05) is 18.6 Å². The third kappa shape index (κ3) is 6.23. The van der Waals surface area contributed by atoms with Crippen LogP contribution in [0, 0.1) is 0 Å². The van der Waals surface area contributed by atoms with Gasteiger partial charge in [-0.1, -0.05) is 24.3 Å². The SMILES string of the molecule is CSCCC(NC(=O)CNCc1cccc(C2CC2)c1)C(=O)O. The molecule has 126 valence electrons. The number of carbonyl (C=O) groups excluding carboxylic acids is 1. The molecule has 1 atom stereocenters. The Morgan fingerprint density at radius 2 is 2.17 bits per heavy atom. The van der Waals surface area contributed by atoms with E-state index in [1.807, 2.05) is 18.4 Å². The Morgan fingerprint density at radius 3 is 2.83 bits per heavy atom. The van der Waals surface area contributed by atoms with Crippen molar-refractivity contribution in [1.82, 2.24) is 10.6 Å². The fourth-order valence-electron chi connectivity index (χ4n) is 2.43. The van der Waals surface area contributed by atoms with Gasteiger partial charge in [-0.15, -0.1) is 0 Å². The minimum absolute atomic E-state index is 0.122. The van der Waals surface area contributed by atoms with Gasteiger partial charge in [0, 0.05) is 6.54 Å². The van der Waals surface area contributed by atoms with E-state index in [0.717, 1.165) is 5.56 Å². The molecule has 0 saturated heterocycles. The lowest BCUT2D eigenvalue weighted by Gasteiger charge is -2.14. The normalized spacial score (nSPS) is 15.2. The van der Waals surface area contributed by atoms with Gasteiger partial charge in [0.15, 0.2) is 0 Å². The lowest BCUT2D eigenvalue weighted by molar-refractivity contribution is -0.141. The lowest BCUT2D eigenvalue weighted by Crippen LogP contribution is -2.44. The molecule has 1 aromatic rings. The summed E-state index contributed by atoms with van der Waals surface area (Å²) in [7, 11) is 0. The monoisotopic (exact) mass is 336 g/mol. The predicted molar refractivity (Wildman–Crippen MR) is 92.7 cm³/mol. The van der Waals surface area contributed by atoms with E-state index in [0.29, 0.717) is 24.6 Å². The third-order valence-electron chi connectivity index (χ3n) is 3.86. The topological polar surface area (TPSA) is 78.4 Å². The molecule has 3 N–H and O–H groups in total. The molecular weight excluding hydrogens is 312 g/mol. The number of carboxylic acid groups (broad SMARTS) is 1. The van der Waals surface area contributed by atoms with Crippen molar-refractivity contribution in [3.05, 3.63) is 35.4 Å². The van der Waals surface area contributed by atoms with E-state index in [9.17, 15) is 9.59 Å². The molecule has 0 aromatic heterocycles. The van der Waals surface area contributed by atoms with Crippen LogP contribution in [0.1, 0.15) is 36.3 Å². The Morgan fingerprint density at radius 1 is 1.39 bits per heavy atom. The first-order valence-corrected chi connectivity index (χ1v) is 9.30. The summed E-state index contributed by atoms with van der Waals surface area (Å²) >= 11 is 1.57. The molecule has 1 aromatic carbocycles. The summed E-state index contributed by atoms with van der Waals surface area (Å²) < 4.78 is 0. The van der Waals surface area contributed by atoms with Gasteiger partial charge in [-0.05, 0) is 48.3 Å². The largest absolute Gasteiger partial charge is 0.480 e. The first kappa shape index (κ1) is 17.8. The number of rotatable bonds is 10. The van der Waals surface area contributed by atoms with E-state index >= 15 is 0 Å². The Hall–Kier alpha value is -1.53. The molecule has 1 unspecified atom stereocenters. The summed E-state index contributed by atoms with van der Waals surface area (Å²) in [6.45, 7) is 0.729. The van der Waals surface area contributed by atoms with Gasteiger partial charge in [0.2, 0.25) is 5.91 Å². The van der Waals surface area contributed by atoms with Crippen LogP contribution >= 0.6 is 11.8 Å². The number of nitrogens with one attached hydrogen (secondary N) is 2. The second kappa shape index (κ2) is 8.93. The second-order valence-electron chi connectivity index (χ2n) is 5.86. The third-order valence-corrected chi connectivity index (χ3v) is 4.50. The van der Waals surface area contributed by atoms with Crippen LogP contribution in [-0.4, -0.2) is 41.6 Å². The molecule has 0 spiro atoms. The zero-order valence-corrected chi connectivity index (χ0v) is 14.2. The first-order chi connectivity index (χ1) is 11.1. The number of hydrogen-bond donors (Lipinski definition) is 3. The highest BCUT2D eigenvalue weighted by molar-refractivity contribution is 7.98. The maximum absolute atomic E-state index is 11.9. The quantitative estimate of drug-likeness (QED) is 0.609. The van der Waals surface area contributed by atoms with E-state index in [2.05, 4.69) is 22.8 Å². The molecule has 1 aliphatic carbocycles. The molecule has 0 bridgehead atoms. The van der Waals surface area contributed by atoms with Crippen molar-refractivity contribution in [2.45, 2.75) is 37.8 Å². The van der Waals surface area contributed by atoms with E-state index in [-0.39, 0.29) is 12.5 Å². The number of carbonyl (C=O) groups is 2. The average Bonchev–Trinajstić information content (AvgIpc) is 3.36. The molecule has 0 heterocycles. The maximum Gasteiger partial charge on any atom is 0.326 e. The fraction of sp³-hybridized carbons (Fsp3) is 0.529. The van der Waals surface area contributed by atoms with E-state index < -0.39 is 12.0 Å². The number of hydrogen-bond acceptors (Lipinski definition) is 4. The molecule has 2 rings (SSSR count). The van der Waals surface area contributed by atoms with Crippen LogP contribution < -0.4 is 10.6 Å². The van der Waals surface area contributed by atoms with Crippen molar-refractivity contribution < 1.29 is 14.7 Å². The highest BCUT2D eigenvalue weighted by Gasteiger charge is 2.23. The summed E-state index contributed by atoms with van der Waals surface area (Å²) in [6.07, 6.45) is 4.89. The van der Waals surface area contributed by atoms with Gasteiger partial charge >= 0.3 is 5.97 Å². The van der Waals surface area contributed by atoms with Crippen LogP contribution in [0.15, 0.2) is 24.3 Å². The first-order valence-electron chi connectivity index (χ1n) is 7.91. The van der Waals surface area contributed by atoms with Crippen LogP contribution in [0.2, 0.25) is 0 Å². The predicted octanol–water partition coefficient (Wildman–Crippen LogP) is 1.98. The number of carboxylic acids is 1. The van der Waals surface area contributed by atoms with Crippen LogP contribution in [0.5, 0.6) is 0 Å². The molecule has 1 aliphatic rings. The van der Waals surface area contributed by atoms with Crippen molar-refractivity contribution in [3.63, 3.8) is 0 Å². The van der Waals surface area contributed by atoms with Gasteiger partial charge in [-0.2, -0.15) is 11.8 Å². The Kier molecular flexibility index (Phi) is 6.92. The van der Waals surface area contributed by atoms with Gasteiger partial charge in [0.05, 0.1) is 6.54 Å². The Labute approximate surface area is 141 Å². The zero-order valence-electron chi connectivity index (χ0n) is 13.4. The Bertz CT molecular complexity index is 546.